The van der Waals surface area contributed by atoms with Gasteiger partial charge in [-0.15, -0.1) is 0 Å². The van der Waals surface area contributed by atoms with Crippen molar-refractivity contribution in [1.29, 1.82) is 0 Å². The van der Waals surface area contributed by atoms with Crippen molar-refractivity contribution < 1.29 is 14.7 Å². The molecule has 6 nitrogen and oxygen atoms in total. The molecule has 0 aromatic heterocycles. The molecular weight excluding hydrogens is 211 g/mol. The molecule has 0 aliphatic carbocycles. The van der Waals surface area contributed by atoms with Crippen LogP contribution in [0.3, 0.4) is 0 Å². The summed E-state index contributed by atoms with van der Waals surface area (Å²) in [5, 5.41) is 22.1. The third-order valence-electron chi connectivity index (χ3n) is 1.84. The van der Waals surface area contributed by atoms with E-state index in [1.807, 2.05) is 0 Å². The number of nitrogens with zero attached hydrogens (tertiary/aromatic N) is 1. The number of nitro groups is 1. The van der Waals surface area contributed by atoms with Crippen molar-refractivity contribution in [3.8, 4) is 5.75 Å². The lowest BCUT2D eigenvalue weighted by molar-refractivity contribution is -0.384. The zero-order valence-electron chi connectivity index (χ0n) is 8.92. The summed E-state index contributed by atoms with van der Waals surface area (Å²) in [5.41, 5.74) is 0.000912. The predicted molar refractivity (Wildman–Crippen MR) is 60.4 cm³/mol. The molecule has 0 atom stereocenters. The van der Waals surface area contributed by atoms with Crippen molar-refractivity contribution in [3.63, 3.8) is 0 Å². The molecule has 16 heavy (non-hydrogen) atoms. The lowest BCUT2D eigenvalue weighted by atomic mass is 9.89. The van der Waals surface area contributed by atoms with Crippen LogP contribution in [0.2, 0.25) is 6.82 Å². The van der Waals surface area contributed by atoms with Crippen LogP contribution in [0.25, 0.3) is 0 Å². The predicted octanol–water partition coefficient (Wildman–Crippen LogP) is 0.673. The number of hydrogen-bond acceptors (Lipinski definition) is 5. The number of ether oxygens (including phenoxy) is 1. The Morgan fingerprint density at radius 1 is 1.62 bits per heavy atom. The Morgan fingerprint density at radius 3 is 3.00 bits per heavy atom. The Balaban J connectivity index is 2.42. The molecule has 0 saturated heterocycles. The summed E-state index contributed by atoms with van der Waals surface area (Å²) in [7, 11) is -0.589. The summed E-state index contributed by atoms with van der Waals surface area (Å²) in [6, 6.07) is 5.98. The fourth-order valence-corrected chi connectivity index (χ4v) is 1.12. The fourth-order valence-electron chi connectivity index (χ4n) is 1.12. The molecule has 0 saturated carbocycles. The van der Waals surface area contributed by atoms with Crippen molar-refractivity contribution in [2.45, 2.75) is 6.82 Å². The second kappa shape index (κ2) is 6.09. The van der Waals surface area contributed by atoms with Gasteiger partial charge in [0.2, 0.25) is 0 Å². The van der Waals surface area contributed by atoms with Crippen LogP contribution < -0.4 is 9.96 Å². The van der Waals surface area contributed by atoms with Crippen LogP contribution in [-0.4, -0.2) is 30.1 Å². The van der Waals surface area contributed by atoms with Gasteiger partial charge in [-0.2, -0.15) is 0 Å². The largest absolute Gasteiger partial charge is 0.492 e. The molecule has 0 radical (unpaired) electrons. The summed E-state index contributed by atoms with van der Waals surface area (Å²) in [6.45, 7) is 2.42. The number of hydrogen-bond donors (Lipinski definition) is 2. The number of non-ortho nitro benzene ring substituents is 1. The maximum Gasteiger partial charge on any atom is 0.373 e. The van der Waals surface area contributed by atoms with Crippen molar-refractivity contribution >= 4 is 12.7 Å². The van der Waals surface area contributed by atoms with Gasteiger partial charge in [-0.3, -0.25) is 10.1 Å². The summed E-state index contributed by atoms with van der Waals surface area (Å²) < 4.78 is 5.27. The number of nitro benzene ring substituents is 1. The molecule has 0 heterocycles. The zero-order valence-corrected chi connectivity index (χ0v) is 8.92. The van der Waals surface area contributed by atoms with Gasteiger partial charge in [0.1, 0.15) is 5.75 Å². The molecule has 1 aromatic carbocycles. The first-order valence-corrected chi connectivity index (χ1v) is 4.88. The summed E-state index contributed by atoms with van der Waals surface area (Å²) in [5.74, 6) is 0.446. The van der Waals surface area contributed by atoms with Gasteiger partial charge < -0.3 is 15.0 Å². The molecule has 1 aromatic rings. The Labute approximate surface area is 93.5 Å². The monoisotopic (exact) mass is 224 g/mol. The van der Waals surface area contributed by atoms with E-state index in [4.69, 9.17) is 9.76 Å². The SMILES string of the molecule is CB(O)NCCOc1cccc([N+](=O)[O-])c1. The van der Waals surface area contributed by atoms with Crippen LogP contribution in [0.5, 0.6) is 5.75 Å². The second-order valence-electron chi connectivity index (χ2n) is 3.23. The highest BCUT2D eigenvalue weighted by Crippen LogP contribution is 2.18. The molecular formula is C9H13BN2O4. The van der Waals surface area contributed by atoms with E-state index >= 15 is 0 Å². The molecule has 1 rings (SSSR count). The average Bonchev–Trinajstić information content (AvgIpc) is 2.24. The van der Waals surface area contributed by atoms with Gasteiger partial charge in [-0.1, -0.05) is 6.07 Å². The van der Waals surface area contributed by atoms with E-state index in [-0.39, 0.29) is 5.69 Å². The van der Waals surface area contributed by atoms with Gasteiger partial charge in [0, 0.05) is 12.6 Å². The third-order valence-corrected chi connectivity index (χ3v) is 1.84. The molecule has 2 N–H and O–H groups in total. The minimum Gasteiger partial charge on any atom is -0.492 e. The Hall–Kier alpha value is -1.60. The third kappa shape index (κ3) is 4.29. The fraction of sp³-hybridized carbons (Fsp3) is 0.333. The van der Waals surface area contributed by atoms with Crippen molar-refractivity contribution in [2.75, 3.05) is 13.2 Å². The number of rotatable bonds is 6. The lowest BCUT2D eigenvalue weighted by Crippen LogP contribution is -2.33. The van der Waals surface area contributed by atoms with Gasteiger partial charge >= 0.3 is 7.05 Å². The normalized spacial score (nSPS) is 9.88. The summed E-state index contributed by atoms with van der Waals surface area (Å²) >= 11 is 0. The molecule has 0 unspecified atom stereocenters. The van der Waals surface area contributed by atoms with Crippen molar-refractivity contribution in [3.05, 3.63) is 34.4 Å². The van der Waals surface area contributed by atoms with E-state index < -0.39 is 12.0 Å². The Morgan fingerprint density at radius 2 is 2.38 bits per heavy atom. The van der Waals surface area contributed by atoms with E-state index in [2.05, 4.69) is 5.23 Å². The van der Waals surface area contributed by atoms with Crippen LogP contribution in [0.15, 0.2) is 24.3 Å². The lowest BCUT2D eigenvalue weighted by Gasteiger charge is -2.07. The highest BCUT2D eigenvalue weighted by molar-refractivity contribution is 6.45. The second-order valence-corrected chi connectivity index (χ2v) is 3.23. The quantitative estimate of drug-likeness (QED) is 0.321. The maximum absolute atomic E-state index is 10.5. The summed E-state index contributed by atoms with van der Waals surface area (Å²) in [6.07, 6.45) is 0. The molecule has 86 valence electrons. The van der Waals surface area contributed by atoms with E-state index in [9.17, 15) is 10.1 Å². The number of nitrogens with one attached hydrogen (secondary N) is 1. The molecule has 0 aliphatic rings. The van der Waals surface area contributed by atoms with Crippen LogP contribution in [0.4, 0.5) is 5.69 Å². The maximum atomic E-state index is 10.5. The highest BCUT2D eigenvalue weighted by Gasteiger charge is 2.06. The van der Waals surface area contributed by atoms with E-state index in [0.29, 0.717) is 18.9 Å². The molecule has 0 fully saturated rings. The molecule has 0 bridgehead atoms. The first kappa shape index (κ1) is 12.5. The average molecular weight is 224 g/mol. The highest BCUT2D eigenvalue weighted by atomic mass is 16.6. The summed E-state index contributed by atoms with van der Waals surface area (Å²) in [4.78, 5) is 10.0. The van der Waals surface area contributed by atoms with E-state index in [1.165, 1.54) is 12.1 Å². The van der Waals surface area contributed by atoms with Gasteiger partial charge in [0.25, 0.3) is 5.69 Å². The van der Waals surface area contributed by atoms with E-state index in [0.717, 1.165) is 0 Å². The van der Waals surface area contributed by atoms with Crippen LogP contribution in [-0.2, 0) is 0 Å². The first-order valence-electron chi connectivity index (χ1n) is 4.88. The first-order chi connectivity index (χ1) is 7.59. The molecule has 0 aliphatic heterocycles. The van der Waals surface area contributed by atoms with Gasteiger partial charge in [-0.25, -0.2) is 0 Å². The number of benzene rings is 1. The van der Waals surface area contributed by atoms with Gasteiger partial charge in [-0.05, 0) is 12.9 Å². The smallest absolute Gasteiger partial charge is 0.373 e. The van der Waals surface area contributed by atoms with Crippen molar-refractivity contribution in [1.82, 2.24) is 5.23 Å². The molecule has 7 heteroatoms. The van der Waals surface area contributed by atoms with Gasteiger partial charge in [0.15, 0.2) is 0 Å². The Kier molecular flexibility index (Phi) is 4.75. The van der Waals surface area contributed by atoms with Crippen LogP contribution in [0, 0.1) is 10.1 Å². The minimum atomic E-state index is -0.589. The van der Waals surface area contributed by atoms with E-state index in [1.54, 1.807) is 19.0 Å². The topological polar surface area (TPSA) is 84.6 Å². The molecule has 0 spiro atoms. The van der Waals surface area contributed by atoms with Gasteiger partial charge in [0.05, 0.1) is 17.6 Å². The van der Waals surface area contributed by atoms with Crippen LogP contribution in [0.1, 0.15) is 0 Å². The Bertz CT molecular complexity index is 359. The minimum absolute atomic E-state index is 0.000912. The van der Waals surface area contributed by atoms with Crippen molar-refractivity contribution in [2.24, 2.45) is 0 Å². The molecule has 0 amide bonds. The standard InChI is InChI=1S/C9H13BN2O4/c1-10(13)11-5-6-16-9-4-2-3-8(7-9)12(14)15/h2-4,7,11,13H,5-6H2,1H3. The van der Waals surface area contributed by atoms with Crippen LogP contribution >= 0.6 is 0 Å². The zero-order chi connectivity index (χ0) is 12.0.